The molecule has 86 valence electrons. The highest BCUT2D eigenvalue weighted by Gasteiger charge is 2.29. The van der Waals surface area contributed by atoms with E-state index in [1.165, 1.54) is 11.7 Å². The Hall–Kier alpha value is -0.630. The molecule has 0 amide bonds. The van der Waals surface area contributed by atoms with Crippen molar-refractivity contribution in [1.29, 1.82) is 0 Å². The minimum absolute atomic E-state index is 0.249. The van der Waals surface area contributed by atoms with Gasteiger partial charge in [0.2, 0.25) is 0 Å². The fourth-order valence-electron chi connectivity index (χ4n) is 1.13. The van der Waals surface area contributed by atoms with Gasteiger partial charge in [0.1, 0.15) is 5.69 Å². The summed E-state index contributed by atoms with van der Waals surface area (Å²) in [5, 5.41) is 16.6. The first-order valence-electron chi connectivity index (χ1n) is 4.11. The molecule has 1 N–H and O–H groups in total. The van der Waals surface area contributed by atoms with E-state index in [0.717, 1.165) is 0 Å². The molecule has 0 aromatic carbocycles. The van der Waals surface area contributed by atoms with Gasteiger partial charge in [-0.25, -0.2) is 4.68 Å². The summed E-state index contributed by atoms with van der Waals surface area (Å²) < 4.78 is 37.2. The number of halogens is 4. The van der Waals surface area contributed by atoms with Crippen molar-refractivity contribution >= 4 is 15.9 Å². The molecule has 0 saturated carbocycles. The van der Waals surface area contributed by atoms with Crippen LogP contribution in [0.1, 0.15) is 24.6 Å². The van der Waals surface area contributed by atoms with E-state index < -0.39 is 25.1 Å². The summed E-state index contributed by atoms with van der Waals surface area (Å²) in [6.07, 6.45) is -6.92. The molecule has 0 spiro atoms. The first kappa shape index (κ1) is 12.4. The van der Waals surface area contributed by atoms with Gasteiger partial charge < -0.3 is 5.11 Å². The number of rotatable bonds is 3. The van der Waals surface area contributed by atoms with Crippen LogP contribution in [-0.4, -0.2) is 26.3 Å². The van der Waals surface area contributed by atoms with Crippen LogP contribution in [0, 0.1) is 0 Å². The van der Waals surface area contributed by atoms with Gasteiger partial charge in [-0.15, -0.1) is 5.10 Å². The van der Waals surface area contributed by atoms with E-state index >= 15 is 0 Å². The molecule has 1 atom stereocenters. The minimum atomic E-state index is -4.26. The molecule has 1 unspecified atom stereocenters. The van der Waals surface area contributed by atoms with Gasteiger partial charge in [-0.2, -0.15) is 13.2 Å². The zero-order valence-electron chi connectivity index (χ0n) is 7.79. The maximum Gasteiger partial charge on any atom is 0.389 e. The molecule has 8 heteroatoms. The predicted octanol–water partition coefficient (Wildman–Crippen LogP) is 1.95. The second kappa shape index (κ2) is 4.48. The van der Waals surface area contributed by atoms with Crippen LogP contribution in [-0.2, 0) is 7.05 Å². The lowest BCUT2D eigenvalue weighted by molar-refractivity contribution is -0.140. The van der Waals surface area contributed by atoms with Gasteiger partial charge in [0.25, 0.3) is 0 Å². The zero-order valence-corrected chi connectivity index (χ0v) is 9.38. The molecule has 1 aromatic rings. The van der Waals surface area contributed by atoms with Crippen molar-refractivity contribution in [3.63, 3.8) is 0 Å². The van der Waals surface area contributed by atoms with Gasteiger partial charge >= 0.3 is 6.18 Å². The third-order valence-corrected chi connectivity index (χ3v) is 2.41. The molecule has 0 bridgehead atoms. The summed E-state index contributed by atoms with van der Waals surface area (Å²) in [5.74, 6) is 0. The van der Waals surface area contributed by atoms with E-state index in [4.69, 9.17) is 0 Å². The summed E-state index contributed by atoms with van der Waals surface area (Å²) in [5.41, 5.74) is 0.249. The molecule has 15 heavy (non-hydrogen) atoms. The number of aliphatic hydroxyl groups is 1. The van der Waals surface area contributed by atoms with Crippen molar-refractivity contribution in [2.75, 3.05) is 0 Å². The van der Waals surface area contributed by atoms with Crippen LogP contribution in [0.5, 0.6) is 0 Å². The molecule has 1 rings (SSSR count). The summed E-state index contributed by atoms with van der Waals surface area (Å²) in [6.45, 7) is 0. The molecule has 0 radical (unpaired) electrons. The normalized spacial score (nSPS) is 14.3. The standard InChI is InChI=1S/C7H9BrF3N3O/c1-14-5(6(8)12-13-14)4(15)2-3-7(9,10)11/h4,15H,2-3H2,1H3. The highest BCUT2D eigenvalue weighted by molar-refractivity contribution is 9.10. The zero-order chi connectivity index (χ0) is 11.6. The Morgan fingerprint density at radius 1 is 1.53 bits per heavy atom. The lowest BCUT2D eigenvalue weighted by Gasteiger charge is -2.12. The number of hydrogen-bond donors (Lipinski definition) is 1. The quantitative estimate of drug-likeness (QED) is 0.925. The van der Waals surface area contributed by atoms with Crippen LogP contribution in [0.2, 0.25) is 0 Å². The molecule has 4 nitrogen and oxygen atoms in total. The van der Waals surface area contributed by atoms with Gasteiger partial charge in [-0.3, -0.25) is 0 Å². The van der Waals surface area contributed by atoms with E-state index in [1.54, 1.807) is 0 Å². The molecule has 0 saturated heterocycles. The van der Waals surface area contributed by atoms with E-state index in [9.17, 15) is 18.3 Å². The first-order valence-corrected chi connectivity index (χ1v) is 4.90. The van der Waals surface area contributed by atoms with Gasteiger partial charge in [-0.05, 0) is 22.4 Å². The van der Waals surface area contributed by atoms with Crippen LogP contribution < -0.4 is 0 Å². The van der Waals surface area contributed by atoms with Crippen LogP contribution in [0.15, 0.2) is 4.60 Å². The van der Waals surface area contributed by atoms with Gasteiger partial charge in [0.05, 0.1) is 6.10 Å². The highest BCUT2D eigenvalue weighted by Crippen LogP contribution is 2.29. The number of hydrogen-bond acceptors (Lipinski definition) is 3. The number of nitrogens with zero attached hydrogens (tertiary/aromatic N) is 3. The number of alkyl halides is 3. The van der Waals surface area contributed by atoms with Crippen molar-refractivity contribution in [2.24, 2.45) is 7.05 Å². The Bertz CT molecular complexity index is 319. The van der Waals surface area contributed by atoms with E-state index in [1.807, 2.05) is 0 Å². The first-order chi connectivity index (χ1) is 6.81. The van der Waals surface area contributed by atoms with Crippen molar-refractivity contribution in [3.8, 4) is 0 Å². The van der Waals surface area contributed by atoms with Gasteiger partial charge in [0, 0.05) is 13.5 Å². The average molecular weight is 288 g/mol. The molecule has 1 aromatic heterocycles. The number of aliphatic hydroxyl groups excluding tert-OH is 1. The monoisotopic (exact) mass is 287 g/mol. The second-order valence-corrected chi connectivity index (χ2v) is 3.81. The molecule has 1 heterocycles. The third kappa shape index (κ3) is 3.45. The smallest absolute Gasteiger partial charge is 0.387 e. The van der Waals surface area contributed by atoms with E-state index in [-0.39, 0.29) is 10.3 Å². The largest absolute Gasteiger partial charge is 0.389 e. The van der Waals surface area contributed by atoms with Crippen molar-refractivity contribution in [2.45, 2.75) is 25.1 Å². The Morgan fingerprint density at radius 3 is 2.53 bits per heavy atom. The average Bonchev–Trinajstić information content (AvgIpc) is 2.41. The van der Waals surface area contributed by atoms with Crippen molar-refractivity contribution in [3.05, 3.63) is 10.3 Å². The molecule has 0 aliphatic carbocycles. The molecule has 0 aliphatic rings. The molecular formula is C7H9BrF3N3O. The van der Waals surface area contributed by atoms with Crippen LogP contribution >= 0.6 is 15.9 Å². The Balaban J connectivity index is 2.65. The fourth-order valence-corrected chi connectivity index (χ4v) is 1.72. The molecular weight excluding hydrogens is 279 g/mol. The lowest BCUT2D eigenvalue weighted by Crippen LogP contribution is -2.12. The Labute approximate surface area is 92.2 Å². The second-order valence-electron chi connectivity index (χ2n) is 3.06. The number of aromatic nitrogens is 3. The van der Waals surface area contributed by atoms with Crippen LogP contribution in [0.4, 0.5) is 13.2 Å². The minimum Gasteiger partial charge on any atom is -0.387 e. The van der Waals surface area contributed by atoms with Gasteiger partial charge in [-0.1, -0.05) is 5.21 Å². The maximum atomic E-state index is 11.9. The van der Waals surface area contributed by atoms with Crippen LogP contribution in [0.3, 0.4) is 0 Å². The van der Waals surface area contributed by atoms with E-state index in [0.29, 0.717) is 0 Å². The Morgan fingerprint density at radius 2 is 2.13 bits per heavy atom. The van der Waals surface area contributed by atoms with Crippen LogP contribution in [0.25, 0.3) is 0 Å². The topological polar surface area (TPSA) is 50.9 Å². The molecule has 0 fully saturated rings. The summed E-state index contributed by atoms with van der Waals surface area (Å²) in [6, 6.07) is 0. The van der Waals surface area contributed by atoms with E-state index in [2.05, 4.69) is 26.2 Å². The van der Waals surface area contributed by atoms with Crippen molar-refractivity contribution < 1.29 is 18.3 Å². The Kier molecular flexibility index (Phi) is 3.72. The SMILES string of the molecule is Cn1nnc(Br)c1C(O)CCC(F)(F)F. The number of aryl methyl sites for hydroxylation is 1. The summed E-state index contributed by atoms with van der Waals surface area (Å²) >= 11 is 3.00. The molecule has 0 aliphatic heterocycles. The fraction of sp³-hybridized carbons (Fsp3) is 0.714. The van der Waals surface area contributed by atoms with Gasteiger partial charge in [0.15, 0.2) is 4.60 Å². The highest BCUT2D eigenvalue weighted by atomic mass is 79.9. The predicted molar refractivity (Wildman–Crippen MR) is 49.0 cm³/mol. The maximum absolute atomic E-state index is 11.9. The van der Waals surface area contributed by atoms with Crippen molar-refractivity contribution in [1.82, 2.24) is 15.0 Å². The summed E-state index contributed by atoms with van der Waals surface area (Å²) in [4.78, 5) is 0. The lowest BCUT2D eigenvalue weighted by atomic mass is 10.1. The summed E-state index contributed by atoms with van der Waals surface area (Å²) in [7, 11) is 1.50. The third-order valence-electron chi connectivity index (χ3n) is 1.84.